The molecule has 0 bridgehead atoms. The Hall–Kier alpha value is 0.310. The topological polar surface area (TPSA) is 3.24 Å². The SMILES string of the molecule is CC(C)C1CCN(CCCCS)CC1. The van der Waals surface area contributed by atoms with Crippen molar-refractivity contribution in [2.75, 3.05) is 25.4 Å². The Morgan fingerprint density at radius 1 is 1.21 bits per heavy atom. The van der Waals surface area contributed by atoms with E-state index < -0.39 is 0 Å². The van der Waals surface area contributed by atoms with Crippen LogP contribution in [0.1, 0.15) is 39.5 Å². The van der Waals surface area contributed by atoms with Crippen molar-refractivity contribution in [2.24, 2.45) is 11.8 Å². The molecule has 0 aromatic heterocycles. The number of rotatable bonds is 5. The lowest BCUT2D eigenvalue weighted by molar-refractivity contribution is 0.156. The van der Waals surface area contributed by atoms with Crippen LogP contribution >= 0.6 is 12.6 Å². The van der Waals surface area contributed by atoms with Crippen molar-refractivity contribution < 1.29 is 0 Å². The van der Waals surface area contributed by atoms with Crippen molar-refractivity contribution in [3.63, 3.8) is 0 Å². The maximum atomic E-state index is 4.24. The van der Waals surface area contributed by atoms with Crippen LogP contribution in [0.2, 0.25) is 0 Å². The number of piperidine rings is 1. The lowest BCUT2D eigenvalue weighted by Crippen LogP contribution is -2.35. The first-order valence-corrected chi connectivity index (χ1v) is 6.70. The highest BCUT2D eigenvalue weighted by Gasteiger charge is 2.20. The molecule has 1 fully saturated rings. The van der Waals surface area contributed by atoms with Crippen LogP contribution in [-0.2, 0) is 0 Å². The summed E-state index contributed by atoms with van der Waals surface area (Å²) in [7, 11) is 0. The minimum absolute atomic E-state index is 0.884. The van der Waals surface area contributed by atoms with E-state index in [9.17, 15) is 0 Å². The van der Waals surface area contributed by atoms with Gasteiger partial charge in [0, 0.05) is 0 Å². The minimum atomic E-state index is 0.884. The smallest absolute Gasteiger partial charge is 0.00160 e. The van der Waals surface area contributed by atoms with Gasteiger partial charge in [-0.25, -0.2) is 0 Å². The Kier molecular flexibility index (Phi) is 5.95. The van der Waals surface area contributed by atoms with Crippen molar-refractivity contribution in [3.8, 4) is 0 Å². The van der Waals surface area contributed by atoms with Gasteiger partial charge in [-0.3, -0.25) is 0 Å². The fourth-order valence-corrected chi connectivity index (χ4v) is 2.51. The summed E-state index contributed by atoms with van der Waals surface area (Å²) in [5, 5.41) is 0. The van der Waals surface area contributed by atoms with E-state index in [2.05, 4.69) is 31.4 Å². The Balaban J connectivity index is 2.09. The van der Waals surface area contributed by atoms with Crippen molar-refractivity contribution in [3.05, 3.63) is 0 Å². The van der Waals surface area contributed by atoms with Gasteiger partial charge in [0.05, 0.1) is 0 Å². The zero-order chi connectivity index (χ0) is 10.4. The van der Waals surface area contributed by atoms with Crippen LogP contribution in [0.3, 0.4) is 0 Å². The first kappa shape index (κ1) is 12.4. The molecule has 0 aromatic carbocycles. The van der Waals surface area contributed by atoms with Crippen LogP contribution in [0.4, 0.5) is 0 Å². The van der Waals surface area contributed by atoms with Crippen molar-refractivity contribution >= 4 is 12.6 Å². The summed E-state index contributed by atoms with van der Waals surface area (Å²) >= 11 is 4.24. The molecule has 0 unspecified atom stereocenters. The fraction of sp³-hybridized carbons (Fsp3) is 1.00. The van der Waals surface area contributed by atoms with Gasteiger partial charge in [-0.1, -0.05) is 13.8 Å². The molecule has 0 saturated carbocycles. The van der Waals surface area contributed by atoms with E-state index in [0.29, 0.717) is 0 Å². The summed E-state index contributed by atoms with van der Waals surface area (Å²) in [5.74, 6) is 2.91. The van der Waals surface area contributed by atoms with Crippen molar-refractivity contribution in [1.29, 1.82) is 0 Å². The van der Waals surface area contributed by atoms with Crippen LogP contribution in [-0.4, -0.2) is 30.3 Å². The van der Waals surface area contributed by atoms with Gasteiger partial charge in [0.1, 0.15) is 0 Å². The molecule has 14 heavy (non-hydrogen) atoms. The lowest BCUT2D eigenvalue weighted by Gasteiger charge is -2.33. The summed E-state index contributed by atoms with van der Waals surface area (Å²) in [6.45, 7) is 8.68. The van der Waals surface area contributed by atoms with Gasteiger partial charge in [0.2, 0.25) is 0 Å². The van der Waals surface area contributed by atoms with E-state index in [1.54, 1.807) is 0 Å². The average molecular weight is 215 g/mol. The van der Waals surface area contributed by atoms with Crippen LogP contribution in [0, 0.1) is 11.8 Å². The number of hydrogen-bond donors (Lipinski definition) is 1. The van der Waals surface area contributed by atoms with E-state index in [4.69, 9.17) is 0 Å². The molecule has 1 aliphatic heterocycles. The zero-order valence-corrected chi connectivity index (χ0v) is 10.6. The predicted octanol–water partition coefficient (Wildman–Crippen LogP) is 3.06. The molecule has 0 N–H and O–H groups in total. The zero-order valence-electron chi connectivity index (χ0n) is 9.71. The van der Waals surface area contributed by atoms with Crippen molar-refractivity contribution in [2.45, 2.75) is 39.5 Å². The fourth-order valence-electron chi connectivity index (χ4n) is 2.29. The molecule has 0 amide bonds. The van der Waals surface area contributed by atoms with Gasteiger partial charge in [-0.05, 0) is 62.9 Å². The molecular weight excluding hydrogens is 190 g/mol. The quantitative estimate of drug-likeness (QED) is 0.545. The second kappa shape index (κ2) is 6.73. The largest absolute Gasteiger partial charge is 0.303 e. The molecular formula is C12H25NS. The monoisotopic (exact) mass is 215 g/mol. The predicted molar refractivity (Wildman–Crippen MR) is 67.1 cm³/mol. The van der Waals surface area contributed by atoms with E-state index in [-0.39, 0.29) is 0 Å². The van der Waals surface area contributed by atoms with Gasteiger partial charge in [0.15, 0.2) is 0 Å². The number of thiol groups is 1. The summed E-state index contributed by atoms with van der Waals surface area (Å²) in [6.07, 6.45) is 5.43. The third kappa shape index (κ3) is 4.22. The molecule has 0 atom stereocenters. The Morgan fingerprint density at radius 3 is 2.36 bits per heavy atom. The van der Waals surface area contributed by atoms with E-state index in [1.165, 1.54) is 45.3 Å². The van der Waals surface area contributed by atoms with E-state index in [1.807, 2.05) is 0 Å². The second-order valence-electron chi connectivity index (χ2n) is 4.85. The number of likely N-dealkylation sites (tertiary alicyclic amines) is 1. The van der Waals surface area contributed by atoms with Crippen LogP contribution in [0.25, 0.3) is 0 Å². The van der Waals surface area contributed by atoms with Gasteiger partial charge in [-0.15, -0.1) is 0 Å². The first-order valence-electron chi connectivity index (χ1n) is 6.07. The van der Waals surface area contributed by atoms with Gasteiger partial charge >= 0.3 is 0 Å². The number of unbranched alkanes of at least 4 members (excludes halogenated alkanes) is 1. The molecule has 1 saturated heterocycles. The highest BCUT2D eigenvalue weighted by Crippen LogP contribution is 2.24. The van der Waals surface area contributed by atoms with E-state index in [0.717, 1.165) is 17.6 Å². The summed E-state index contributed by atoms with van der Waals surface area (Å²) < 4.78 is 0. The molecule has 0 radical (unpaired) electrons. The molecule has 2 heteroatoms. The molecule has 0 aliphatic carbocycles. The summed E-state index contributed by atoms with van der Waals surface area (Å²) in [4.78, 5) is 2.63. The van der Waals surface area contributed by atoms with Gasteiger partial charge in [0.25, 0.3) is 0 Å². The van der Waals surface area contributed by atoms with Crippen LogP contribution < -0.4 is 0 Å². The molecule has 84 valence electrons. The highest BCUT2D eigenvalue weighted by molar-refractivity contribution is 7.80. The van der Waals surface area contributed by atoms with Crippen molar-refractivity contribution in [1.82, 2.24) is 4.90 Å². The summed E-state index contributed by atoms with van der Waals surface area (Å²) in [6, 6.07) is 0. The van der Waals surface area contributed by atoms with E-state index >= 15 is 0 Å². The average Bonchev–Trinajstić information content (AvgIpc) is 2.19. The standard InChI is InChI=1S/C12H25NS/c1-11(2)12-5-8-13(9-6-12)7-3-4-10-14/h11-12,14H,3-10H2,1-2H3. The third-order valence-electron chi connectivity index (χ3n) is 3.46. The Morgan fingerprint density at radius 2 is 1.86 bits per heavy atom. The second-order valence-corrected chi connectivity index (χ2v) is 5.30. The minimum Gasteiger partial charge on any atom is -0.303 e. The molecule has 1 aliphatic rings. The molecule has 0 aromatic rings. The molecule has 0 spiro atoms. The number of hydrogen-bond acceptors (Lipinski definition) is 2. The third-order valence-corrected chi connectivity index (χ3v) is 3.77. The highest BCUT2D eigenvalue weighted by atomic mass is 32.1. The number of nitrogens with zero attached hydrogens (tertiary/aromatic N) is 1. The Labute approximate surface area is 94.7 Å². The Bertz CT molecular complexity index is 139. The molecule has 1 nitrogen and oxygen atoms in total. The normalized spacial score (nSPS) is 20.6. The van der Waals surface area contributed by atoms with Gasteiger partial charge in [-0.2, -0.15) is 12.6 Å². The lowest BCUT2D eigenvalue weighted by atomic mass is 9.87. The maximum Gasteiger partial charge on any atom is -0.00160 e. The van der Waals surface area contributed by atoms with Gasteiger partial charge < -0.3 is 4.90 Å². The van der Waals surface area contributed by atoms with Crippen LogP contribution in [0.15, 0.2) is 0 Å². The molecule has 1 heterocycles. The molecule has 1 rings (SSSR count). The first-order chi connectivity index (χ1) is 6.74. The maximum absolute atomic E-state index is 4.24. The van der Waals surface area contributed by atoms with Crippen LogP contribution in [0.5, 0.6) is 0 Å². The summed E-state index contributed by atoms with van der Waals surface area (Å²) in [5.41, 5.74) is 0.